The van der Waals surface area contributed by atoms with Gasteiger partial charge in [-0.15, -0.1) is 0 Å². The Morgan fingerprint density at radius 3 is 2.36 bits per heavy atom. The fraction of sp³-hybridized carbons (Fsp3) is 0.519. The maximum absolute atomic E-state index is 15.4. The molecule has 12 heteroatoms. The zero-order valence-electron chi connectivity index (χ0n) is 22.6. The Morgan fingerprint density at radius 1 is 1.18 bits per heavy atom. The van der Waals surface area contributed by atoms with Crippen LogP contribution in [0.25, 0.3) is 0 Å². The van der Waals surface area contributed by atoms with Gasteiger partial charge in [-0.3, -0.25) is 4.79 Å². The van der Waals surface area contributed by atoms with E-state index in [1.54, 1.807) is 21.7 Å². The lowest BCUT2D eigenvalue weighted by Gasteiger charge is -2.34. The highest BCUT2D eigenvalue weighted by Crippen LogP contribution is 2.41. The number of alkyl halides is 4. The van der Waals surface area contributed by atoms with Crippen LogP contribution >= 0.6 is 15.9 Å². The number of carbonyl (C=O) groups excluding carboxylic acids is 2. The number of pyridine rings is 1. The number of benzene rings is 1. The molecule has 1 aromatic carbocycles. The fourth-order valence-corrected chi connectivity index (χ4v) is 5.04. The van der Waals surface area contributed by atoms with Gasteiger partial charge in [0.25, 0.3) is 0 Å². The predicted molar refractivity (Wildman–Crippen MR) is 146 cm³/mol. The standard InChI is InChI=1S/C27H32BBrF4N2O4/c1-14(2)35(25(36)16-7-5-15(3)6-8-16)22-11-21(30)23(10-18(22)26(37)38-4)39-24-19(27(31,32)33)9-17(13-34-24)20(28)12-29/h9-11,13-16,20H,5-8,12,28H2,1-4H3/t15-,16-,20?. The van der Waals surface area contributed by atoms with Crippen LogP contribution < -0.4 is 9.64 Å². The quantitative estimate of drug-likeness (QED) is 0.148. The van der Waals surface area contributed by atoms with E-state index in [-0.39, 0.29) is 28.9 Å². The summed E-state index contributed by atoms with van der Waals surface area (Å²) in [7, 11) is 2.84. The first-order valence-corrected chi connectivity index (χ1v) is 14.0. The molecule has 0 saturated heterocycles. The van der Waals surface area contributed by atoms with Gasteiger partial charge >= 0.3 is 12.1 Å². The van der Waals surface area contributed by atoms with Crippen LogP contribution in [0.1, 0.15) is 73.8 Å². The van der Waals surface area contributed by atoms with E-state index in [1.165, 1.54) is 11.1 Å². The molecule has 1 fully saturated rings. The van der Waals surface area contributed by atoms with Crippen LogP contribution in [0.3, 0.4) is 0 Å². The molecule has 6 nitrogen and oxygen atoms in total. The van der Waals surface area contributed by atoms with Crippen molar-refractivity contribution in [2.24, 2.45) is 11.8 Å². The van der Waals surface area contributed by atoms with Crippen LogP contribution in [0.15, 0.2) is 24.4 Å². The third-order valence-corrected chi connectivity index (χ3v) is 7.99. The lowest BCUT2D eigenvalue weighted by Crippen LogP contribution is -2.43. The largest absolute Gasteiger partial charge is 0.465 e. The van der Waals surface area contributed by atoms with Gasteiger partial charge in [-0.05, 0) is 62.9 Å². The Hall–Kier alpha value is -2.63. The molecule has 1 aliphatic rings. The minimum Gasteiger partial charge on any atom is -0.465 e. The lowest BCUT2D eigenvalue weighted by atomic mass is 9.82. The highest BCUT2D eigenvalue weighted by atomic mass is 79.9. The molecule has 1 atom stereocenters. The summed E-state index contributed by atoms with van der Waals surface area (Å²) in [4.78, 5) is 31.5. The van der Waals surface area contributed by atoms with Crippen molar-refractivity contribution in [2.45, 2.75) is 64.5 Å². The van der Waals surface area contributed by atoms with Crippen molar-refractivity contribution in [3.63, 3.8) is 0 Å². The minimum absolute atomic E-state index is 0.0316. The summed E-state index contributed by atoms with van der Waals surface area (Å²) < 4.78 is 67.2. The van der Waals surface area contributed by atoms with E-state index in [1.807, 2.05) is 0 Å². The Kier molecular flexibility index (Phi) is 10.1. The van der Waals surface area contributed by atoms with Crippen molar-refractivity contribution in [1.29, 1.82) is 0 Å². The molecule has 212 valence electrons. The van der Waals surface area contributed by atoms with E-state index in [0.717, 1.165) is 38.2 Å². The molecule has 1 aliphatic carbocycles. The summed E-state index contributed by atoms with van der Waals surface area (Å²) in [5, 5.41) is 0.412. The summed E-state index contributed by atoms with van der Waals surface area (Å²) in [6.07, 6.45) is -0.477. The number of hydrogen-bond acceptors (Lipinski definition) is 5. The fourth-order valence-electron chi connectivity index (χ4n) is 4.66. The van der Waals surface area contributed by atoms with E-state index >= 15 is 4.39 Å². The zero-order chi connectivity index (χ0) is 29.1. The molecule has 1 amide bonds. The van der Waals surface area contributed by atoms with Gasteiger partial charge in [0.05, 0.1) is 18.4 Å². The maximum Gasteiger partial charge on any atom is 0.421 e. The topological polar surface area (TPSA) is 68.7 Å². The SMILES string of the molecule is BC(CBr)c1cnc(Oc2cc(C(=O)OC)c(N(C(=O)[C@H]3CC[C@H](C)CC3)C(C)C)cc2F)c(C(F)(F)F)c1. The van der Waals surface area contributed by atoms with Crippen molar-refractivity contribution < 1.29 is 36.6 Å². The van der Waals surface area contributed by atoms with Gasteiger partial charge in [-0.25, -0.2) is 14.2 Å². The van der Waals surface area contributed by atoms with Crippen LogP contribution in [0.5, 0.6) is 11.6 Å². The first-order valence-electron chi connectivity index (χ1n) is 12.8. The minimum atomic E-state index is -4.83. The second-order valence-corrected chi connectivity index (χ2v) is 11.0. The average molecular weight is 615 g/mol. The van der Waals surface area contributed by atoms with Gasteiger partial charge in [-0.2, -0.15) is 13.2 Å². The Morgan fingerprint density at radius 2 is 1.82 bits per heavy atom. The normalized spacial score (nSPS) is 18.5. The number of esters is 1. The molecule has 0 N–H and O–H groups in total. The molecule has 1 unspecified atom stereocenters. The Bertz CT molecular complexity index is 1200. The molecule has 0 radical (unpaired) electrons. The van der Waals surface area contributed by atoms with E-state index in [2.05, 4.69) is 27.8 Å². The molecule has 2 aromatic rings. The molecule has 3 rings (SSSR count). The second kappa shape index (κ2) is 12.7. The zero-order valence-corrected chi connectivity index (χ0v) is 24.2. The first kappa shape index (κ1) is 30.9. The van der Waals surface area contributed by atoms with Crippen LogP contribution in [0.4, 0.5) is 23.2 Å². The number of aromatic nitrogens is 1. The van der Waals surface area contributed by atoms with Crippen molar-refractivity contribution in [3.05, 3.63) is 46.9 Å². The summed E-state index contributed by atoms with van der Waals surface area (Å²) >= 11 is 3.24. The highest BCUT2D eigenvalue weighted by molar-refractivity contribution is 9.09. The van der Waals surface area contributed by atoms with E-state index in [0.29, 0.717) is 29.7 Å². The third-order valence-electron chi connectivity index (χ3n) is 7.02. The second-order valence-electron chi connectivity index (χ2n) is 10.3. The van der Waals surface area contributed by atoms with Crippen LogP contribution in [-0.4, -0.2) is 43.2 Å². The molecular formula is C27H32BBrF4N2O4. The van der Waals surface area contributed by atoms with Crippen LogP contribution in [-0.2, 0) is 15.7 Å². The summed E-state index contributed by atoms with van der Waals surface area (Å²) in [5.74, 6) is -3.74. The van der Waals surface area contributed by atoms with E-state index < -0.39 is 41.2 Å². The van der Waals surface area contributed by atoms with Crippen LogP contribution in [0.2, 0.25) is 0 Å². The first-order chi connectivity index (χ1) is 18.3. The van der Waals surface area contributed by atoms with Crippen molar-refractivity contribution >= 4 is 41.3 Å². The van der Waals surface area contributed by atoms with Crippen LogP contribution in [0, 0.1) is 17.7 Å². The van der Waals surface area contributed by atoms with Gasteiger partial charge in [0.2, 0.25) is 11.8 Å². The number of nitrogens with zero attached hydrogens (tertiary/aromatic N) is 2. The lowest BCUT2D eigenvalue weighted by molar-refractivity contribution is -0.139. The Balaban J connectivity index is 2.08. The third kappa shape index (κ3) is 7.12. The number of rotatable bonds is 8. The monoisotopic (exact) mass is 614 g/mol. The molecular weight excluding hydrogens is 583 g/mol. The maximum atomic E-state index is 15.4. The molecule has 39 heavy (non-hydrogen) atoms. The van der Waals surface area contributed by atoms with E-state index in [4.69, 9.17) is 9.47 Å². The number of amides is 1. The Labute approximate surface area is 235 Å². The van der Waals surface area contributed by atoms with Gasteiger partial charge in [0, 0.05) is 35.6 Å². The molecule has 1 aromatic heterocycles. The number of carbonyl (C=O) groups is 2. The average Bonchev–Trinajstić information content (AvgIpc) is 2.88. The smallest absolute Gasteiger partial charge is 0.421 e. The summed E-state index contributed by atoms with van der Waals surface area (Å²) in [6.45, 7) is 5.60. The summed E-state index contributed by atoms with van der Waals surface area (Å²) in [5.41, 5.74) is -1.10. The van der Waals surface area contributed by atoms with Crippen molar-refractivity contribution in [2.75, 3.05) is 17.3 Å². The number of hydrogen-bond donors (Lipinski definition) is 0. The van der Waals surface area contributed by atoms with Gasteiger partial charge in [-0.1, -0.05) is 22.9 Å². The molecule has 0 spiro atoms. The predicted octanol–water partition coefficient (Wildman–Crippen LogP) is 6.46. The molecule has 0 aliphatic heterocycles. The van der Waals surface area contributed by atoms with Gasteiger partial charge in [0.15, 0.2) is 11.6 Å². The van der Waals surface area contributed by atoms with Crippen molar-refractivity contribution in [3.8, 4) is 11.6 Å². The molecule has 1 saturated carbocycles. The summed E-state index contributed by atoms with van der Waals surface area (Å²) in [6, 6.07) is 2.36. The van der Waals surface area contributed by atoms with Crippen molar-refractivity contribution in [1.82, 2.24) is 4.98 Å². The van der Waals surface area contributed by atoms with Gasteiger partial charge in [0.1, 0.15) is 13.4 Å². The van der Waals surface area contributed by atoms with E-state index in [9.17, 15) is 22.8 Å². The van der Waals surface area contributed by atoms with Gasteiger partial charge < -0.3 is 14.4 Å². The number of anilines is 1. The molecule has 1 heterocycles. The number of ether oxygens (including phenoxy) is 2. The number of methoxy groups -OCH3 is 1. The number of halogens is 5. The molecule has 0 bridgehead atoms. The highest BCUT2D eigenvalue weighted by Gasteiger charge is 2.37.